The molecule has 0 bridgehead atoms. The van der Waals surface area contributed by atoms with Gasteiger partial charge in [-0.3, -0.25) is 4.90 Å². The molecule has 1 aliphatic heterocycles. The van der Waals surface area contributed by atoms with Crippen LogP contribution in [0.25, 0.3) is 31.8 Å². The zero-order chi connectivity index (χ0) is 26.6. The van der Waals surface area contributed by atoms with Crippen molar-refractivity contribution in [2.24, 2.45) is 0 Å². The molecule has 6 rings (SSSR count). The molecule has 0 aliphatic carbocycles. The summed E-state index contributed by atoms with van der Waals surface area (Å²) < 4.78 is 45.2. The van der Waals surface area contributed by atoms with Gasteiger partial charge in [-0.05, 0) is 36.8 Å². The number of aryl methyl sites for hydroxylation is 1. The van der Waals surface area contributed by atoms with E-state index in [0.717, 1.165) is 26.8 Å². The minimum Gasteiger partial charge on any atom is -0.480 e. The molecule has 3 aromatic heterocycles. The van der Waals surface area contributed by atoms with Gasteiger partial charge < -0.3 is 14.2 Å². The third-order valence-electron chi connectivity index (χ3n) is 6.12. The fraction of sp³-hybridized carbons (Fsp3) is 0.192. The lowest BCUT2D eigenvalue weighted by molar-refractivity contribution is -0.0144. The number of carbonyl (C=O) groups excluding carboxylic acids is 1. The van der Waals surface area contributed by atoms with E-state index in [-0.39, 0.29) is 12.2 Å². The fourth-order valence-corrected chi connectivity index (χ4v) is 5.40. The minimum atomic E-state index is -1.04. The van der Waals surface area contributed by atoms with Crippen molar-refractivity contribution >= 4 is 44.4 Å². The first-order valence-corrected chi connectivity index (χ1v) is 12.3. The molecule has 0 N–H and O–H groups in total. The lowest BCUT2D eigenvalue weighted by Gasteiger charge is -2.19. The number of nitrogens with zero attached hydrogens (tertiary/aromatic N) is 5. The Morgan fingerprint density at radius 1 is 1.13 bits per heavy atom. The number of methoxy groups -OCH3 is 1. The number of fused-ring (bicyclic) bond motifs is 4. The topological polar surface area (TPSA) is 99.6 Å². The molecule has 5 aromatic rings. The summed E-state index contributed by atoms with van der Waals surface area (Å²) in [5.41, 5.74) is 4.39. The average molecular weight is 536 g/mol. The van der Waals surface area contributed by atoms with Gasteiger partial charge in [0.2, 0.25) is 11.8 Å². The number of anilines is 1. The minimum absolute atomic E-state index is 0.0234. The molecule has 1 aliphatic rings. The zero-order valence-corrected chi connectivity index (χ0v) is 21.2. The Kier molecular flexibility index (Phi) is 5.75. The number of rotatable bonds is 4. The Balaban J connectivity index is 1.32. The van der Waals surface area contributed by atoms with Crippen molar-refractivity contribution in [2.75, 3.05) is 19.1 Å². The number of ether oxygens (including phenoxy) is 3. The van der Waals surface area contributed by atoms with Gasteiger partial charge >= 0.3 is 6.09 Å². The Hall–Kier alpha value is -4.45. The summed E-state index contributed by atoms with van der Waals surface area (Å²) in [4.78, 5) is 31.0. The van der Waals surface area contributed by atoms with Gasteiger partial charge in [0.25, 0.3) is 6.29 Å². The third kappa shape index (κ3) is 4.12. The number of benzene rings is 2. The van der Waals surface area contributed by atoms with Gasteiger partial charge in [0, 0.05) is 24.2 Å². The fourth-order valence-electron chi connectivity index (χ4n) is 4.28. The van der Waals surface area contributed by atoms with E-state index in [1.54, 1.807) is 0 Å². The lowest BCUT2D eigenvalue weighted by Crippen LogP contribution is -2.32. The molecule has 0 unspecified atom stereocenters. The summed E-state index contributed by atoms with van der Waals surface area (Å²) in [6.45, 7) is 1.95. The maximum Gasteiger partial charge on any atom is 0.417 e. The highest BCUT2D eigenvalue weighted by atomic mass is 32.1. The SMILES string of the molecule is COc1cnc2c(-c3nc4cc(F)c5c(c4s3)C[C@@H](OC(=O)N(C)c3ccc(F)nc3)O5)cc(C)cc2n1. The molecule has 1 amide bonds. The van der Waals surface area contributed by atoms with E-state index in [9.17, 15) is 9.18 Å². The molecule has 38 heavy (non-hydrogen) atoms. The highest BCUT2D eigenvalue weighted by Crippen LogP contribution is 2.43. The van der Waals surface area contributed by atoms with Crippen LogP contribution in [0.4, 0.5) is 19.3 Å². The van der Waals surface area contributed by atoms with Gasteiger partial charge in [-0.1, -0.05) is 0 Å². The summed E-state index contributed by atoms with van der Waals surface area (Å²) in [6.07, 6.45) is 1.09. The van der Waals surface area contributed by atoms with Crippen molar-refractivity contribution in [1.29, 1.82) is 0 Å². The first kappa shape index (κ1) is 23.9. The second-order valence-corrected chi connectivity index (χ2v) is 9.66. The first-order valence-electron chi connectivity index (χ1n) is 11.5. The molecule has 0 fully saturated rings. The van der Waals surface area contributed by atoms with Gasteiger partial charge in [0.05, 0.1) is 52.9 Å². The second-order valence-electron chi connectivity index (χ2n) is 8.66. The van der Waals surface area contributed by atoms with Crippen LogP contribution in [-0.2, 0) is 11.2 Å². The van der Waals surface area contributed by atoms with Crippen LogP contribution in [0.2, 0.25) is 0 Å². The highest BCUT2D eigenvalue weighted by Gasteiger charge is 2.33. The smallest absolute Gasteiger partial charge is 0.417 e. The Labute approximate surface area is 218 Å². The maximum absolute atomic E-state index is 15.0. The van der Waals surface area contributed by atoms with Crippen molar-refractivity contribution in [3.05, 3.63) is 65.6 Å². The zero-order valence-electron chi connectivity index (χ0n) is 20.4. The van der Waals surface area contributed by atoms with E-state index in [2.05, 4.69) is 19.9 Å². The van der Waals surface area contributed by atoms with Gasteiger partial charge in [0.1, 0.15) is 5.01 Å². The number of amides is 1. The molecule has 1 atom stereocenters. The normalized spacial score (nSPS) is 14.4. The van der Waals surface area contributed by atoms with E-state index in [4.69, 9.17) is 14.2 Å². The van der Waals surface area contributed by atoms with Crippen LogP contribution < -0.4 is 14.4 Å². The van der Waals surface area contributed by atoms with Crippen LogP contribution in [-0.4, -0.2) is 46.5 Å². The monoisotopic (exact) mass is 535 g/mol. The van der Waals surface area contributed by atoms with Gasteiger partial charge in [0.15, 0.2) is 11.6 Å². The number of thiazole rings is 1. The molecule has 0 saturated carbocycles. The largest absolute Gasteiger partial charge is 0.480 e. The number of pyridine rings is 1. The second kappa shape index (κ2) is 9.14. The van der Waals surface area contributed by atoms with Crippen LogP contribution in [0.1, 0.15) is 11.1 Å². The molecule has 0 saturated heterocycles. The van der Waals surface area contributed by atoms with E-state index < -0.39 is 24.1 Å². The summed E-state index contributed by atoms with van der Waals surface area (Å²) in [5.74, 6) is -0.843. The highest BCUT2D eigenvalue weighted by molar-refractivity contribution is 7.22. The molecular weight excluding hydrogens is 516 g/mol. The third-order valence-corrected chi connectivity index (χ3v) is 7.28. The summed E-state index contributed by atoms with van der Waals surface area (Å²) in [5, 5.41) is 0.643. The van der Waals surface area contributed by atoms with Crippen LogP contribution in [0.5, 0.6) is 11.6 Å². The van der Waals surface area contributed by atoms with E-state index >= 15 is 4.39 Å². The average Bonchev–Trinajstić information content (AvgIpc) is 3.52. The van der Waals surface area contributed by atoms with Crippen LogP contribution in [0.15, 0.2) is 42.7 Å². The molecule has 2 aromatic carbocycles. The van der Waals surface area contributed by atoms with Crippen LogP contribution in [0.3, 0.4) is 0 Å². The molecule has 12 heteroatoms. The molecule has 0 spiro atoms. The summed E-state index contributed by atoms with van der Waals surface area (Å²) in [7, 11) is 2.98. The van der Waals surface area contributed by atoms with Crippen molar-refractivity contribution < 1.29 is 27.8 Å². The van der Waals surface area contributed by atoms with E-state index in [1.807, 2.05) is 19.1 Å². The molecule has 9 nitrogen and oxygen atoms in total. The van der Waals surface area contributed by atoms with E-state index in [0.29, 0.717) is 38.7 Å². The first-order chi connectivity index (χ1) is 18.3. The molecule has 0 radical (unpaired) electrons. The standard InChI is InChI=1S/C26H19F2N5O4S/c1-12-6-14(22-17(7-12)31-20(35-3)11-30-22)25-32-18-9-16(27)23-15(24(18)38-25)8-21(36-23)37-26(34)33(2)13-4-5-19(28)29-10-13/h4-7,9-11,21H,8H2,1-3H3/t21-/m1/s1. The molecule has 192 valence electrons. The predicted molar refractivity (Wildman–Crippen MR) is 137 cm³/mol. The van der Waals surface area contributed by atoms with Crippen molar-refractivity contribution in [2.45, 2.75) is 19.6 Å². The summed E-state index contributed by atoms with van der Waals surface area (Å²) >= 11 is 1.37. The molecule has 4 heterocycles. The Morgan fingerprint density at radius 2 is 1.97 bits per heavy atom. The predicted octanol–water partition coefficient (Wildman–Crippen LogP) is 5.43. The number of hydrogen-bond donors (Lipinski definition) is 0. The summed E-state index contributed by atoms with van der Waals surface area (Å²) in [6, 6.07) is 7.70. The van der Waals surface area contributed by atoms with Gasteiger partial charge in [-0.25, -0.2) is 29.1 Å². The van der Waals surface area contributed by atoms with Gasteiger partial charge in [-0.2, -0.15) is 4.39 Å². The number of aromatic nitrogens is 4. The van der Waals surface area contributed by atoms with E-state index in [1.165, 1.54) is 50.0 Å². The van der Waals surface area contributed by atoms with Crippen molar-refractivity contribution in [1.82, 2.24) is 19.9 Å². The van der Waals surface area contributed by atoms with Crippen LogP contribution in [0, 0.1) is 18.7 Å². The molecular formula is C26H19F2N5O4S. The Bertz CT molecular complexity index is 1730. The van der Waals surface area contributed by atoms with Crippen LogP contribution >= 0.6 is 11.3 Å². The quantitative estimate of drug-likeness (QED) is 0.281. The van der Waals surface area contributed by atoms with Crippen molar-refractivity contribution in [3.63, 3.8) is 0 Å². The number of carbonyl (C=O) groups is 1. The Morgan fingerprint density at radius 3 is 2.74 bits per heavy atom. The lowest BCUT2D eigenvalue weighted by atomic mass is 10.1. The number of halogens is 2. The number of hydrogen-bond acceptors (Lipinski definition) is 9. The van der Waals surface area contributed by atoms with Crippen molar-refractivity contribution in [3.8, 4) is 22.2 Å². The maximum atomic E-state index is 15.0. The van der Waals surface area contributed by atoms with Gasteiger partial charge in [-0.15, -0.1) is 11.3 Å².